The molecule has 0 bridgehead atoms. The Bertz CT molecular complexity index is 429. The Morgan fingerprint density at radius 1 is 1.21 bits per heavy atom. The number of hydrogen-bond acceptors (Lipinski definition) is 1. The molecule has 0 N–H and O–H groups in total. The zero-order valence-electron chi connectivity index (χ0n) is 12.0. The number of alkyl halides is 1. The van der Waals surface area contributed by atoms with Crippen LogP contribution in [0, 0.1) is 18.8 Å². The summed E-state index contributed by atoms with van der Waals surface area (Å²) >= 11 is 5.60. The van der Waals surface area contributed by atoms with E-state index in [2.05, 4.69) is 31.8 Å². The van der Waals surface area contributed by atoms with E-state index < -0.39 is 0 Å². The lowest BCUT2D eigenvalue weighted by molar-refractivity contribution is 0.305. The molecule has 2 heteroatoms. The molecule has 1 aromatic rings. The summed E-state index contributed by atoms with van der Waals surface area (Å²) in [7, 11) is 0. The fourth-order valence-electron chi connectivity index (χ4n) is 1.79. The topological polar surface area (TPSA) is 9.23 Å². The maximum atomic E-state index is 5.74. The zero-order valence-corrected chi connectivity index (χ0v) is 12.7. The van der Waals surface area contributed by atoms with Crippen molar-refractivity contribution < 1.29 is 4.74 Å². The van der Waals surface area contributed by atoms with E-state index in [1.807, 2.05) is 12.1 Å². The van der Waals surface area contributed by atoms with Gasteiger partial charge in [0.25, 0.3) is 0 Å². The van der Waals surface area contributed by atoms with Crippen LogP contribution in [0.15, 0.2) is 18.2 Å². The van der Waals surface area contributed by atoms with Crippen molar-refractivity contribution in [2.75, 3.05) is 12.5 Å². The lowest BCUT2D eigenvalue weighted by atomic mass is 10.1. The molecule has 19 heavy (non-hydrogen) atoms. The third kappa shape index (κ3) is 6.55. The summed E-state index contributed by atoms with van der Waals surface area (Å²) < 4.78 is 5.74. The van der Waals surface area contributed by atoms with Gasteiger partial charge in [-0.05, 0) is 37.1 Å². The lowest BCUT2D eigenvalue weighted by Crippen LogP contribution is -1.97. The van der Waals surface area contributed by atoms with Crippen molar-refractivity contribution in [3.63, 3.8) is 0 Å². The monoisotopic (exact) mass is 278 g/mol. The summed E-state index contributed by atoms with van der Waals surface area (Å²) in [6, 6.07) is 6.08. The lowest BCUT2D eigenvalue weighted by Gasteiger charge is -2.07. The van der Waals surface area contributed by atoms with Crippen molar-refractivity contribution in [1.82, 2.24) is 0 Å². The van der Waals surface area contributed by atoms with Crippen molar-refractivity contribution in [1.29, 1.82) is 0 Å². The van der Waals surface area contributed by atoms with E-state index in [0.717, 1.165) is 36.3 Å². The highest BCUT2D eigenvalue weighted by Gasteiger charge is 1.99. The molecule has 0 aliphatic heterocycles. The van der Waals surface area contributed by atoms with Crippen molar-refractivity contribution >= 4 is 11.6 Å². The maximum Gasteiger partial charge on any atom is 0.119 e. The number of aryl methyl sites for hydroxylation is 1. The van der Waals surface area contributed by atoms with Crippen LogP contribution in [-0.2, 0) is 0 Å². The maximum absolute atomic E-state index is 5.74. The van der Waals surface area contributed by atoms with E-state index in [0.29, 0.717) is 5.88 Å². The number of unbranched alkanes of at least 4 members (excludes halogenated alkanes) is 3. The Balaban J connectivity index is 2.46. The Labute approximate surface area is 122 Å². The molecule has 0 amide bonds. The quantitative estimate of drug-likeness (QED) is 0.390. The van der Waals surface area contributed by atoms with Crippen molar-refractivity contribution in [2.45, 2.75) is 46.0 Å². The van der Waals surface area contributed by atoms with Crippen LogP contribution in [0.4, 0.5) is 0 Å². The van der Waals surface area contributed by atoms with Gasteiger partial charge in [-0.25, -0.2) is 0 Å². The molecule has 0 saturated carbocycles. The molecule has 0 atom stereocenters. The zero-order chi connectivity index (χ0) is 13.9. The summed E-state index contributed by atoms with van der Waals surface area (Å²) in [5.74, 6) is 7.72. The second-order valence-electron chi connectivity index (χ2n) is 4.63. The predicted octanol–water partition coefficient (Wildman–Crippen LogP) is 4.93. The Morgan fingerprint density at radius 2 is 2.05 bits per heavy atom. The average molecular weight is 279 g/mol. The molecule has 0 unspecified atom stereocenters. The largest absolute Gasteiger partial charge is 0.494 e. The number of rotatable bonds is 7. The summed E-state index contributed by atoms with van der Waals surface area (Å²) in [5.41, 5.74) is 2.22. The molecule has 0 saturated heterocycles. The van der Waals surface area contributed by atoms with E-state index in [1.54, 1.807) is 0 Å². The van der Waals surface area contributed by atoms with Crippen LogP contribution in [-0.4, -0.2) is 12.5 Å². The van der Waals surface area contributed by atoms with E-state index in [1.165, 1.54) is 19.3 Å². The molecule has 0 aromatic heterocycles. The van der Waals surface area contributed by atoms with Gasteiger partial charge in [0.05, 0.1) is 6.61 Å². The molecule has 1 rings (SSSR count). The molecule has 0 aliphatic carbocycles. The van der Waals surface area contributed by atoms with Crippen LogP contribution in [0.3, 0.4) is 0 Å². The number of ether oxygens (including phenoxy) is 1. The number of halogens is 1. The van der Waals surface area contributed by atoms with Crippen molar-refractivity contribution in [3.05, 3.63) is 29.3 Å². The van der Waals surface area contributed by atoms with Gasteiger partial charge >= 0.3 is 0 Å². The van der Waals surface area contributed by atoms with Crippen LogP contribution in [0.2, 0.25) is 0 Å². The van der Waals surface area contributed by atoms with E-state index in [9.17, 15) is 0 Å². The van der Waals surface area contributed by atoms with E-state index in [-0.39, 0.29) is 0 Å². The van der Waals surface area contributed by atoms with Crippen molar-refractivity contribution in [3.8, 4) is 17.6 Å². The van der Waals surface area contributed by atoms with E-state index >= 15 is 0 Å². The molecule has 1 aromatic carbocycles. The second-order valence-corrected chi connectivity index (χ2v) is 5.00. The molecule has 0 aliphatic rings. The van der Waals surface area contributed by atoms with Crippen LogP contribution >= 0.6 is 11.6 Å². The van der Waals surface area contributed by atoms with Crippen LogP contribution in [0.5, 0.6) is 5.75 Å². The molecular formula is C17H23ClO. The first-order valence-corrected chi connectivity index (χ1v) is 7.59. The average Bonchev–Trinajstić information content (AvgIpc) is 2.41. The number of benzene rings is 1. The smallest absolute Gasteiger partial charge is 0.119 e. The molecule has 0 spiro atoms. The van der Waals surface area contributed by atoms with Crippen LogP contribution in [0.1, 0.15) is 50.2 Å². The fraction of sp³-hybridized carbons (Fsp3) is 0.529. The fourth-order valence-corrected chi connectivity index (χ4v) is 1.88. The summed E-state index contributed by atoms with van der Waals surface area (Å²) in [4.78, 5) is 0. The van der Waals surface area contributed by atoms with Crippen molar-refractivity contribution in [2.24, 2.45) is 0 Å². The van der Waals surface area contributed by atoms with Gasteiger partial charge in [-0.1, -0.05) is 38.0 Å². The minimum absolute atomic E-state index is 0.588. The Kier molecular flexibility index (Phi) is 8.18. The predicted molar refractivity (Wildman–Crippen MR) is 83.0 cm³/mol. The normalized spacial score (nSPS) is 9.84. The van der Waals surface area contributed by atoms with Gasteiger partial charge < -0.3 is 4.74 Å². The highest BCUT2D eigenvalue weighted by molar-refractivity contribution is 6.18. The van der Waals surface area contributed by atoms with Gasteiger partial charge in [-0.3, -0.25) is 0 Å². The van der Waals surface area contributed by atoms with Gasteiger partial charge in [0.1, 0.15) is 5.75 Å². The van der Waals surface area contributed by atoms with Crippen LogP contribution < -0.4 is 4.74 Å². The molecule has 0 fully saturated rings. The summed E-state index contributed by atoms with van der Waals surface area (Å²) in [5, 5.41) is 0. The highest BCUT2D eigenvalue weighted by Crippen LogP contribution is 2.17. The van der Waals surface area contributed by atoms with E-state index in [4.69, 9.17) is 16.3 Å². The SMILES string of the molecule is CCCCCCOc1ccc(C#CCCCl)c(C)c1. The third-order valence-electron chi connectivity index (χ3n) is 2.91. The Hall–Kier alpha value is -1.13. The van der Waals surface area contributed by atoms with Gasteiger partial charge in [-0.15, -0.1) is 11.6 Å². The first-order valence-electron chi connectivity index (χ1n) is 7.06. The molecule has 1 nitrogen and oxygen atoms in total. The molecular weight excluding hydrogens is 256 g/mol. The standard InChI is InChI=1S/C17H23ClO/c1-3-4-5-8-13-19-17-11-10-16(15(2)14-17)9-6-7-12-18/h10-11,14H,3-5,7-8,12-13H2,1-2H3. The summed E-state index contributed by atoms with van der Waals surface area (Å²) in [6.07, 6.45) is 5.66. The van der Waals surface area contributed by atoms with Gasteiger partial charge in [0, 0.05) is 17.9 Å². The Morgan fingerprint density at radius 3 is 2.74 bits per heavy atom. The molecule has 0 heterocycles. The minimum atomic E-state index is 0.588. The minimum Gasteiger partial charge on any atom is -0.494 e. The molecule has 104 valence electrons. The highest BCUT2D eigenvalue weighted by atomic mass is 35.5. The first-order chi connectivity index (χ1) is 9.27. The first kappa shape index (κ1) is 15.9. The molecule has 0 radical (unpaired) electrons. The van der Waals surface area contributed by atoms with Gasteiger partial charge in [0.2, 0.25) is 0 Å². The summed E-state index contributed by atoms with van der Waals surface area (Å²) in [6.45, 7) is 5.08. The second kappa shape index (κ2) is 9.75. The van der Waals surface area contributed by atoms with Gasteiger partial charge in [-0.2, -0.15) is 0 Å². The number of hydrogen-bond donors (Lipinski definition) is 0. The van der Waals surface area contributed by atoms with Crippen LogP contribution in [0.25, 0.3) is 0 Å². The third-order valence-corrected chi connectivity index (χ3v) is 3.10. The van der Waals surface area contributed by atoms with Gasteiger partial charge in [0.15, 0.2) is 0 Å².